The second-order valence-corrected chi connectivity index (χ2v) is 7.27. The van der Waals surface area contributed by atoms with Crippen LogP contribution in [0.25, 0.3) is 21.8 Å². The molecule has 0 radical (unpaired) electrons. The van der Waals surface area contributed by atoms with Gasteiger partial charge in [-0.1, -0.05) is 30.3 Å². The Labute approximate surface area is 159 Å². The number of amides is 1. The molecule has 0 aliphatic rings. The van der Waals surface area contributed by atoms with Crippen LogP contribution in [0.15, 0.2) is 64.8 Å². The molecule has 0 bridgehead atoms. The van der Waals surface area contributed by atoms with Crippen LogP contribution in [0.4, 0.5) is 0 Å². The molecule has 5 nitrogen and oxygen atoms in total. The maximum Gasteiger partial charge on any atom is 0.270 e. The molecule has 0 saturated carbocycles. The molecule has 0 aliphatic carbocycles. The number of carbonyl (C=O) groups is 1. The fourth-order valence-electron chi connectivity index (χ4n) is 2.52. The standard InChI is InChI=1S/C19H16N4OS2/c24-18(17-13-26-19(21-17)14-4-2-1-3-5-14)20-8-10-23-9-6-16(22-23)15-7-11-25-12-15/h1-7,9,11-13H,8,10H2,(H,20,24). The molecule has 1 aromatic carbocycles. The average molecular weight is 380 g/mol. The molecule has 0 fully saturated rings. The van der Waals surface area contributed by atoms with Crippen LogP contribution in [0.1, 0.15) is 10.5 Å². The summed E-state index contributed by atoms with van der Waals surface area (Å²) in [6.45, 7) is 1.12. The van der Waals surface area contributed by atoms with E-state index in [1.807, 2.05) is 58.7 Å². The smallest absolute Gasteiger partial charge is 0.270 e. The molecule has 3 aromatic heterocycles. The first-order valence-electron chi connectivity index (χ1n) is 8.15. The van der Waals surface area contributed by atoms with Crippen LogP contribution >= 0.6 is 22.7 Å². The number of nitrogens with one attached hydrogen (secondary N) is 1. The summed E-state index contributed by atoms with van der Waals surface area (Å²) in [5.41, 5.74) is 3.54. The molecule has 0 spiro atoms. The summed E-state index contributed by atoms with van der Waals surface area (Å²) in [5, 5.41) is 14.2. The van der Waals surface area contributed by atoms with E-state index in [1.54, 1.807) is 16.7 Å². The fourth-order valence-corrected chi connectivity index (χ4v) is 3.97. The lowest BCUT2D eigenvalue weighted by Crippen LogP contribution is -2.27. The first kappa shape index (κ1) is 16.7. The van der Waals surface area contributed by atoms with Crippen LogP contribution in [-0.2, 0) is 6.54 Å². The van der Waals surface area contributed by atoms with Gasteiger partial charge in [-0.15, -0.1) is 11.3 Å². The molecule has 0 unspecified atom stereocenters. The molecule has 0 aliphatic heterocycles. The van der Waals surface area contributed by atoms with Crippen LogP contribution < -0.4 is 5.32 Å². The molecule has 26 heavy (non-hydrogen) atoms. The Kier molecular flexibility index (Phi) is 4.90. The molecule has 0 atom stereocenters. The summed E-state index contributed by atoms with van der Waals surface area (Å²) in [6, 6.07) is 13.9. The summed E-state index contributed by atoms with van der Waals surface area (Å²) in [4.78, 5) is 16.7. The SMILES string of the molecule is O=C(NCCn1ccc(-c2ccsc2)n1)c1csc(-c2ccccc2)n1. The summed E-state index contributed by atoms with van der Waals surface area (Å²) in [6.07, 6.45) is 1.93. The Hall–Kier alpha value is -2.77. The van der Waals surface area contributed by atoms with Crippen LogP contribution in [-0.4, -0.2) is 27.2 Å². The van der Waals surface area contributed by atoms with Crippen molar-refractivity contribution < 1.29 is 4.79 Å². The molecule has 4 rings (SSSR count). The average Bonchev–Trinajstić information content (AvgIpc) is 3.42. The molecule has 1 amide bonds. The van der Waals surface area contributed by atoms with Crippen molar-refractivity contribution in [3.63, 3.8) is 0 Å². The van der Waals surface area contributed by atoms with Gasteiger partial charge in [0, 0.05) is 34.6 Å². The van der Waals surface area contributed by atoms with Crippen molar-refractivity contribution in [2.75, 3.05) is 6.54 Å². The van der Waals surface area contributed by atoms with Gasteiger partial charge < -0.3 is 5.32 Å². The van der Waals surface area contributed by atoms with E-state index in [1.165, 1.54) is 11.3 Å². The lowest BCUT2D eigenvalue weighted by Gasteiger charge is -2.03. The molecule has 1 N–H and O–H groups in total. The number of thiazole rings is 1. The second-order valence-electron chi connectivity index (χ2n) is 5.64. The predicted octanol–water partition coefficient (Wildman–Crippen LogP) is 4.17. The molecule has 0 saturated heterocycles. The van der Waals surface area contributed by atoms with Crippen molar-refractivity contribution in [2.45, 2.75) is 6.54 Å². The number of rotatable bonds is 6. The van der Waals surface area contributed by atoms with Crippen molar-refractivity contribution in [3.8, 4) is 21.8 Å². The van der Waals surface area contributed by atoms with Crippen LogP contribution in [0.3, 0.4) is 0 Å². The van der Waals surface area contributed by atoms with Gasteiger partial charge in [0.25, 0.3) is 5.91 Å². The lowest BCUT2D eigenvalue weighted by molar-refractivity contribution is 0.0947. The van der Waals surface area contributed by atoms with Gasteiger partial charge in [-0.25, -0.2) is 4.98 Å². The monoisotopic (exact) mass is 380 g/mol. The van der Waals surface area contributed by atoms with Crippen LogP contribution in [0.2, 0.25) is 0 Å². The molecule has 130 valence electrons. The van der Waals surface area contributed by atoms with E-state index in [4.69, 9.17) is 0 Å². The van der Waals surface area contributed by atoms with E-state index in [2.05, 4.69) is 20.8 Å². The number of hydrogen-bond donors (Lipinski definition) is 1. The van der Waals surface area contributed by atoms with Gasteiger partial charge in [0.1, 0.15) is 10.7 Å². The first-order valence-corrected chi connectivity index (χ1v) is 9.97. The van der Waals surface area contributed by atoms with Gasteiger partial charge in [0.15, 0.2) is 0 Å². The Balaban J connectivity index is 1.33. The van der Waals surface area contributed by atoms with Gasteiger partial charge in [0.05, 0.1) is 12.2 Å². The third-order valence-electron chi connectivity index (χ3n) is 3.84. The molecule has 4 aromatic rings. The highest BCUT2D eigenvalue weighted by Crippen LogP contribution is 2.23. The van der Waals surface area contributed by atoms with E-state index in [0.717, 1.165) is 21.8 Å². The van der Waals surface area contributed by atoms with Crippen molar-refractivity contribution >= 4 is 28.6 Å². The number of hydrogen-bond acceptors (Lipinski definition) is 5. The van der Waals surface area contributed by atoms with Gasteiger partial charge in [-0.05, 0) is 17.5 Å². The molecular formula is C19H16N4OS2. The van der Waals surface area contributed by atoms with E-state index in [-0.39, 0.29) is 5.91 Å². The second kappa shape index (κ2) is 7.63. The van der Waals surface area contributed by atoms with Gasteiger partial charge >= 0.3 is 0 Å². The Morgan fingerprint density at radius 1 is 1.08 bits per heavy atom. The van der Waals surface area contributed by atoms with E-state index in [9.17, 15) is 4.79 Å². The number of thiophene rings is 1. The summed E-state index contributed by atoms with van der Waals surface area (Å²) in [7, 11) is 0. The fraction of sp³-hybridized carbons (Fsp3) is 0.105. The molecular weight excluding hydrogens is 364 g/mol. The Morgan fingerprint density at radius 2 is 1.96 bits per heavy atom. The van der Waals surface area contributed by atoms with Crippen LogP contribution in [0.5, 0.6) is 0 Å². The minimum absolute atomic E-state index is 0.159. The summed E-state index contributed by atoms with van der Waals surface area (Å²) >= 11 is 3.13. The Bertz CT molecular complexity index is 990. The quantitative estimate of drug-likeness (QED) is 0.546. The summed E-state index contributed by atoms with van der Waals surface area (Å²) < 4.78 is 1.84. The van der Waals surface area contributed by atoms with Gasteiger partial charge in [-0.3, -0.25) is 9.48 Å². The topological polar surface area (TPSA) is 59.8 Å². The number of nitrogens with zero attached hydrogens (tertiary/aromatic N) is 3. The normalized spacial score (nSPS) is 10.8. The number of aromatic nitrogens is 3. The van der Waals surface area contributed by atoms with Gasteiger partial charge in [-0.2, -0.15) is 16.4 Å². The summed E-state index contributed by atoms with van der Waals surface area (Å²) in [5.74, 6) is -0.159. The van der Waals surface area contributed by atoms with E-state index >= 15 is 0 Å². The highest BCUT2D eigenvalue weighted by atomic mass is 32.1. The predicted molar refractivity (Wildman–Crippen MR) is 105 cm³/mol. The van der Waals surface area contributed by atoms with E-state index in [0.29, 0.717) is 18.8 Å². The minimum Gasteiger partial charge on any atom is -0.349 e. The maximum absolute atomic E-state index is 12.3. The molecule has 3 heterocycles. The molecule has 7 heteroatoms. The van der Waals surface area contributed by atoms with Gasteiger partial charge in [0.2, 0.25) is 0 Å². The van der Waals surface area contributed by atoms with Crippen molar-refractivity contribution in [1.29, 1.82) is 0 Å². The first-order chi connectivity index (χ1) is 12.8. The third kappa shape index (κ3) is 3.74. The zero-order valence-electron chi connectivity index (χ0n) is 13.8. The number of carbonyl (C=O) groups excluding carboxylic acids is 1. The zero-order chi connectivity index (χ0) is 17.8. The highest BCUT2D eigenvalue weighted by molar-refractivity contribution is 7.13. The van der Waals surface area contributed by atoms with E-state index < -0.39 is 0 Å². The van der Waals surface area contributed by atoms with Crippen LogP contribution in [0, 0.1) is 0 Å². The zero-order valence-corrected chi connectivity index (χ0v) is 15.5. The maximum atomic E-state index is 12.3. The number of benzene rings is 1. The minimum atomic E-state index is -0.159. The third-order valence-corrected chi connectivity index (χ3v) is 5.42. The van der Waals surface area contributed by atoms with Crippen molar-refractivity contribution in [2.24, 2.45) is 0 Å². The largest absolute Gasteiger partial charge is 0.349 e. The Morgan fingerprint density at radius 3 is 2.77 bits per heavy atom. The van der Waals surface area contributed by atoms with Crippen molar-refractivity contribution in [3.05, 3.63) is 70.5 Å². The van der Waals surface area contributed by atoms with Crippen molar-refractivity contribution in [1.82, 2.24) is 20.1 Å². The highest BCUT2D eigenvalue weighted by Gasteiger charge is 2.11. The lowest BCUT2D eigenvalue weighted by atomic mass is 10.2.